The molecular formula is C11H15NO2. The molecule has 14 heavy (non-hydrogen) atoms. The summed E-state index contributed by atoms with van der Waals surface area (Å²) in [6.07, 6.45) is 1.59. The van der Waals surface area contributed by atoms with Gasteiger partial charge in [0.1, 0.15) is 5.60 Å². The van der Waals surface area contributed by atoms with E-state index in [0.717, 1.165) is 5.56 Å². The molecule has 0 N–H and O–H groups in total. The van der Waals surface area contributed by atoms with E-state index in [1.54, 1.807) is 12.3 Å². The van der Waals surface area contributed by atoms with Gasteiger partial charge in [0.2, 0.25) is 0 Å². The molecule has 0 fully saturated rings. The zero-order valence-corrected chi connectivity index (χ0v) is 9.00. The molecule has 0 spiro atoms. The first-order valence-corrected chi connectivity index (χ1v) is 4.55. The molecule has 0 aliphatic carbocycles. The third kappa shape index (κ3) is 2.83. The van der Waals surface area contributed by atoms with Crippen LogP contribution in [0.5, 0.6) is 0 Å². The normalized spacial score (nSPS) is 11.1. The van der Waals surface area contributed by atoms with Crippen molar-refractivity contribution in [1.82, 2.24) is 4.98 Å². The fraction of sp³-hybridized carbons (Fsp3) is 0.455. The van der Waals surface area contributed by atoms with Gasteiger partial charge in [-0.15, -0.1) is 0 Å². The Morgan fingerprint density at radius 3 is 2.57 bits per heavy atom. The van der Waals surface area contributed by atoms with Gasteiger partial charge in [0.05, 0.1) is 0 Å². The summed E-state index contributed by atoms with van der Waals surface area (Å²) in [6.45, 7) is 7.35. The monoisotopic (exact) mass is 193 g/mol. The summed E-state index contributed by atoms with van der Waals surface area (Å²) in [7, 11) is 0. The van der Waals surface area contributed by atoms with E-state index in [0.29, 0.717) is 5.69 Å². The first-order chi connectivity index (χ1) is 6.40. The molecular weight excluding hydrogens is 178 g/mol. The minimum Gasteiger partial charge on any atom is -0.455 e. The van der Waals surface area contributed by atoms with Gasteiger partial charge in [0, 0.05) is 6.20 Å². The maximum atomic E-state index is 11.6. The van der Waals surface area contributed by atoms with E-state index < -0.39 is 5.60 Å². The van der Waals surface area contributed by atoms with Crippen molar-refractivity contribution in [1.29, 1.82) is 0 Å². The zero-order chi connectivity index (χ0) is 10.8. The number of hydrogen-bond acceptors (Lipinski definition) is 3. The minimum atomic E-state index is -0.471. The fourth-order valence-electron chi connectivity index (χ4n) is 1.03. The summed E-state index contributed by atoms with van der Waals surface area (Å²) < 4.78 is 5.20. The van der Waals surface area contributed by atoms with Crippen molar-refractivity contribution in [2.45, 2.75) is 33.3 Å². The third-order valence-electron chi connectivity index (χ3n) is 1.60. The molecule has 1 aromatic rings. The average Bonchev–Trinajstić information content (AvgIpc) is 2.01. The van der Waals surface area contributed by atoms with E-state index >= 15 is 0 Å². The van der Waals surface area contributed by atoms with Gasteiger partial charge in [0.15, 0.2) is 5.69 Å². The fourth-order valence-corrected chi connectivity index (χ4v) is 1.03. The number of esters is 1. The number of carbonyl (C=O) groups is 1. The Labute approximate surface area is 84.1 Å². The van der Waals surface area contributed by atoms with Crippen molar-refractivity contribution in [2.24, 2.45) is 0 Å². The van der Waals surface area contributed by atoms with Gasteiger partial charge in [0.25, 0.3) is 0 Å². The van der Waals surface area contributed by atoms with Gasteiger partial charge >= 0.3 is 5.97 Å². The highest BCUT2D eigenvalue weighted by Gasteiger charge is 2.19. The maximum absolute atomic E-state index is 11.6. The van der Waals surface area contributed by atoms with Gasteiger partial charge in [-0.3, -0.25) is 0 Å². The van der Waals surface area contributed by atoms with E-state index in [1.165, 1.54) is 0 Å². The molecule has 0 aliphatic heterocycles. The van der Waals surface area contributed by atoms with E-state index in [-0.39, 0.29) is 5.97 Å². The molecule has 76 valence electrons. The van der Waals surface area contributed by atoms with Gasteiger partial charge in [-0.05, 0) is 39.3 Å². The predicted molar refractivity (Wildman–Crippen MR) is 54.1 cm³/mol. The maximum Gasteiger partial charge on any atom is 0.357 e. The van der Waals surface area contributed by atoms with E-state index in [1.807, 2.05) is 33.8 Å². The highest BCUT2D eigenvalue weighted by atomic mass is 16.6. The Kier molecular flexibility index (Phi) is 2.89. The highest BCUT2D eigenvalue weighted by molar-refractivity contribution is 5.88. The average molecular weight is 193 g/mol. The molecule has 0 radical (unpaired) electrons. The Morgan fingerprint density at radius 1 is 1.43 bits per heavy atom. The second-order valence-electron chi connectivity index (χ2n) is 4.17. The number of carbonyl (C=O) groups excluding carboxylic acids is 1. The van der Waals surface area contributed by atoms with E-state index in [4.69, 9.17) is 4.74 Å². The van der Waals surface area contributed by atoms with Crippen molar-refractivity contribution in [3.8, 4) is 0 Å². The first kappa shape index (κ1) is 10.7. The lowest BCUT2D eigenvalue weighted by atomic mass is 10.2. The first-order valence-electron chi connectivity index (χ1n) is 4.55. The molecule has 0 aliphatic rings. The van der Waals surface area contributed by atoms with Crippen LogP contribution in [-0.2, 0) is 4.74 Å². The van der Waals surface area contributed by atoms with Crippen LogP contribution >= 0.6 is 0 Å². The molecule has 1 heterocycles. The number of pyridine rings is 1. The third-order valence-corrected chi connectivity index (χ3v) is 1.60. The minimum absolute atomic E-state index is 0.365. The smallest absolute Gasteiger partial charge is 0.357 e. The number of aryl methyl sites for hydroxylation is 1. The molecule has 1 rings (SSSR count). The number of hydrogen-bond donors (Lipinski definition) is 0. The van der Waals surface area contributed by atoms with Crippen LogP contribution in [0.3, 0.4) is 0 Å². The number of aromatic nitrogens is 1. The second kappa shape index (κ2) is 3.78. The van der Waals surface area contributed by atoms with Gasteiger partial charge < -0.3 is 4.74 Å². The Morgan fingerprint density at radius 2 is 2.07 bits per heavy atom. The Hall–Kier alpha value is -1.38. The molecule has 0 saturated heterocycles. The van der Waals surface area contributed by atoms with Crippen LogP contribution in [0.25, 0.3) is 0 Å². The number of ether oxygens (including phenoxy) is 1. The van der Waals surface area contributed by atoms with Crippen LogP contribution in [0.4, 0.5) is 0 Å². The van der Waals surface area contributed by atoms with Crippen LogP contribution in [-0.4, -0.2) is 16.6 Å². The summed E-state index contributed by atoms with van der Waals surface area (Å²) in [5.41, 5.74) is 0.755. The summed E-state index contributed by atoms with van der Waals surface area (Å²) >= 11 is 0. The zero-order valence-electron chi connectivity index (χ0n) is 9.00. The second-order valence-corrected chi connectivity index (χ2v) is 4.17. The molecule has 0 amide bonds. The van der Waals surface area contributed by atoms with Crippen molar-refractivity contribution in [3.05, 3.63) is 29.6 Å². The lowest BCUT2D eigenvalue weighted by Gasteiger charge is -2.19. The predicted octanol–water partition coefficient (Wildman–Crippen LogP) is 2.35. The molecule has 1 aromatic heterocycles. The van der Waals surface area contributed by atoms with Gasteiger partial charge in [-0.25, -0.2) is 9.78 Å². The summed E-state index contributed by atoms with van der Waals surface area (Å²) in [4.78, 5) is 15.6. The van der Waals surface area contributed by atoms with Crippen molar-refractivity contribution in [2.75, 3.05) is 0 Å². The van der Waals surface area contributed by atoms with Gasteiger partial charge in [-0.2, -0.15) is 0 Å². The van der Waals surface area contributed by atoms with Gasteiger partial charge in [-0.1, -0.05) is 6.07 Å². The molecule has 3 nitrogen and oxygen atoms in total. The lowest BCUT2D eigenvalue weighted by Crippen LogP contribution is -2.24. The van der Waals surface area contributed by atoms with Crippen LogP contribution in [0.15, 0.2) is 18.3 Å². The SMILES string of the molecule is Cc1cccnc1C(=O)OC(C)(C)C. The molecule has 0 aromatic carbocycles. The largest absolute Gasteiger partial charge is 0.455 e. The van der Waals surface area contributed by atoms with Crippen molar-refractivity contribution in [3.63, 3.8) is 0 Å². The summed E-state index contributed by atoms with van der Waals surface area (Å²) in [5, 5.41) is 0. The quantitative estimate of drug-likeness (QED) is 0.642. The lowest BCUT2D eigenvalue weighted by molar-refractivity contribution is 0.00620. The van der Waals surface area contributed by atoms with Crippen LogP contribution in [0.2, 0.25) is 0 Å². The summed E-state index contributed by atoms with van der Waals surface area (Å²) in [5.74, 6) is -0.365. The molecule has 3 heteroatoms. The Balaban J connectivity index is 2.86. The molecule has 0 atom stereocenters. The summed E-state index contributed by atoms with van der Waals surface area (Å²) in [6, 6.07) is 3.63. The van der Waals surface area contributed by atoms with Crippen LogP contribution < -0.4 is 0 Å². The number of rotatable bonds is 1. The van der Waals surface area contributed by atoms with E-state index in [9.17, 15) is 4.79 Å². The highest BCUT2D eigenvalue weighted by Crippen LogP contribution is 2.12. The van der Waals surface area contributed by atoms with Crippen LogP contribution in [0.1, 0.15) is 36.8 Å². The topological polar surface area (TPSA) is 39.2 Å². The standard InChI is InChI=1S/C11H15NO2/c1-8-6-5-7-12-9(8)10(13)14-11(2,3)4/h5-7H,1-4H3. The van der Waals surface area contributed by atoms with E-state index in [2.05, 4.69) is 4.98 Å². The number of nitrogens with zero attached hydrogens (tertiary/aromatic N) is 1. The van der Waals surface area contributed by atoms with Crippen LogP contribution in [0, 0.1) is 6.92 Å². The Bertz CT molecular complexity index is 339. The molecule has 0 unspecified atom stereocenters. The van der Waals surface area contributed by atoms with Crippen molar-refractivity contribution >= 4 is 5.97 Å². The molecule has 0 saturated carbocycles. The van der Waals surface area contributed by atoms with Crippen molar-refractivity contribution < 1.29 is 9.53 Å². The molecule has 0 bridgehead atoms.